The molecular weight excluding hydrogens is 595 g/mol. The van der Waals surface area contributed by atoms with Crippen LogP contribution in [0.1, 0.15) is 59.6 Å². The van der Waals surface area contributed by atoms with Crippen molar-refractivity contribution in [2.75, 3.05) is 26.6 Å². The van der Waals surface area contributed by atoms with Gasteiger partial charge in [-0.05, 0) is 67.3 Å². The molecule has 1 amide bonds. The molecule has 3 aliphatic rings. The lowest BCUT2D eigenvalue weighted by atomic mass is 9.78. The van der Waals surface area contributed by atoms with Crippen molar-refractivity contribution in [3.63, 3.8) is 0 Å². The smallest absolute Gasteiger partial charge is 0.357 e. The monoisotopic (exact) mass is 631 g/mol. The maximum Gasteiger partial charge on any atom is 0.357 e. The van der Waals surface area contributed by atoms with E-state index < -0.39 is 43.8 Å². The number of cyclic esters (lactones) is 1. The van der Waals surface area contributed by atoms with E-state index in [2.05, 4.69) is 0 Å². The number of hydrogen-bond donors (Lipinski definition) is 1. The summed E-state index contributed by atoms with van der Waals surface area (Å²) in [7, 11) is 0. The summed E-state index contributed by atoms with van der Waals surface area (Å²) in [6, 6.07) is 15.2. The van der Waals surface area contributed by atoms with Crippen molar-refractivity contribution >= 4 is 41.0 Å². The summed E-state index contributed by atoms with van der Waals surface area (Å²) in [5, 5.41) is 0.574. The molecule has 0 radical (unpaired) electrons. The Morgan fingerprint density at radius 2 is 1.68 bits per heavy atom. The van der Waals surface area contributed by atoms with E-state index in [4.69, 9.17) is 10.5 Å². The van der Waals surface area contributed by atoms with Gasteiger partial charge in [-0.1, -0.05) is 36.4 Å². The van der Waals surface area contributed by atoms with Gasteiger partial charge < -0.3 is 15.4 Å². The number of hydrogen-bond acceptors (Lipinski definition) is 5. The van der Waals surface area contributed by atoms with Crippen LogP contribution in [0.2, 0.25) is 0 Å². The first kappa shape index (κ1) is 32.0. The number of carbonyl (C=O) groups is 3. The zero-order chi connectivity index (χ0) is 30.3. The van der Waals surface area contributed by atoms with E-state index in [-0.39, 0.29) is 54.0 Å². The number of carbonyl (C=O) groups excluding carboxylic acids is 3. The Morgan fingerprint density at radius 3 is 2.34 bits per heavy atom. The maximum atomic E-state index is 14.1. The molecule has 3 aromatic rings. The molecule has 3 atom stereocenters. The van der Waals surface area contributed by atoms with E-state index in [1.807, 2.05) is 30.3 Å². The van der Waals surface area contributed by atoms with Gasteiger partial charge >= 0.3 is 5.97 Å². The Kier molecular flexibility index (Phi) is 9.41. The number of likely N-dealkylation sites (tertiary alicyclic amines) is 1. The van der Waals surface area contributed by atoms with Crippen LogP contribution in [0.15, 0.2) is 54.6 Å². The van der Waals surface area contributed by atoms with Crippen molar-refractivity contribution in [3.05, 3.63) is 71.4 Å². The highest BCUT2D eigenvalue weighted by Crippen LogP contribution is 2.40. The molecule has 3 heterocycles. The molecule has 236 valence electrons. The Hall–Kier alpha value is -3.37. The Bertz CT molecular complexity index is 1520. The lowest BCUT2D eigenvalue weighted by molar-refractivity contribution is -0.142. The second-order valence-corrected chi connectivity index (χ2v) is 12.2. The maximum absolute atomic E-state index is 14.1. The molecule has 7 nitrogen and oxygen atoms in total. The van der Waals surface area contributed by atoms with Gasteiger partial charge in [-0.25, -0.2) is 18.0 Å². The molecule has 2 fully saturated rings. The van der Waals surface area contributed by atoms with Gasteiger partial charge in [-0.3, -0.25) is 14.2 Å². The molecule has 44 heavy (non-hydrogen) atoms. The Balaban J connectivity index is 0.00000384. The molecule has 2 aromatic carbocycles. The van der Waals surface area contributed by atoms with Gasteiger partial charge in [0.25, 0.3) is 0 Å². The van der Waals surface area contributed by atoms with Crippen LogP contribution in [0, 0.1) is 11.8 Å². The molecule has 0 bridgehead atoms. The number of nitrogens with zero attached hydrogens (tertiary/aromatic N) is 2. The lowest BCUT2D eigenvalue weighted by Crippen LogP contribution is -2.47. The average molecular weight is 632 g/mol. The van der Waals surface area contributed by atoms with Crippen LogP contribution in [0.25, 0.3) is 10.9 Å². The first-order valence-electron chi connectivity index (χ1n) is 15.0. The highest BCUT2D eigenvalue weighted by molar-refractivity contribution is 5.99. The first-order chi connectivity index (χ1) is 20.8. The van der Waals surface area contributed by atoms with Crippen molar-refractivity contribution in [2.45, 2.75) is 62.3 Å². The van der Waals surface area contributed by atoms with Gasteiger partial charge in [0.15, 0.2) is 19.1 Å². The number of ketones is 1. The highest BCUT2D eigenvalue weighted by Gasteiger charge is 2.48. The second kappa shape index (κ2) is 12.9. The van der Waals surface area contributed by atoms with Gasteiger partial charge in [0.1, 0.15) is 12.4 Å². The van der Waals surface area contributed by atoms with Crippen LogP contribution < -0.4 is 5.73 Å². The number of halogens is 4. The quantitative estimate of drug-likeness (QED) is 0.318. The van der Waals surface area contributed by atoms with Crippen LogP contribution in [-0.2, 0) is 26.5 Å². The van der Waals surface area contributed by atoms with Crippen LogP contribution in [0.4, 0.5) is 13.2 Å². The predicted octanol–water partition coefficient (Wildman–Crippen LogP) is 5.42. The number of ether oxygens (including phenoxy) is 1. The predicted molar refractivity (Wildman–Crippen MR) is 162 cm³/mol. The van der Waals surface area contributed by atoms with Gasteiger partial charge in [-0.15, -0.1) is 12.4 Å². The number of nitrogens with two attached hydrogens (primary N) is 1. The van der Waals surface area contributed by atoms with E-state index in [1.165, 1.54) is 10.6 Å². The molecule has 1 saturated carbocycles. The van der Waals surface area contributed by atoms with E-state index in [9.17, 15) is 27.6 Å². The third kappa shape index (κ3) is 5.51. The fraction of sp³-hybridized carbons (Fsp3) is 0.485. The molecule has 11 heteroatoms. The highest BCUT2D eigenvalue weighted by atomic mass is 35.5. The molecule has 2 aliphatic heterocycles. The molecule has 1 aromatic heterocycles. The third-order valence-corrected chi connectivity index (χ3v) is 9.70. The number of rotatable bonds is 9. The van der Waals surface area contributed by atoms with Crippen molar-refractivity contribution < 1.29 is 32.3 Å². The number of aromatic nitrogens is 1. The van der Waals surface area contributed by atoms with Crippen LogP contribution >= 0.6 is 12.4 Å². The number of amides is 1. The summed E-state index contributed by atoms with van der Waals surface area (Å²) in [4.78, 5) is 42.1. The molecule has 1 aliphatic carbocycles. The number of esters is 1. The Labute approximate surface area is 260 Å². The minimum Gasteiger partial charge on any atom is -0.428 e. The minimum atomic E-state index is -2.02. The van der Waals surface area contributed by atoms with E-state index >= 15 is 0 Å². The standard InChI is InChI=1S/C33H36F3N3O4.ClH/c34-17-26(37)22-7-9-23(10-8-22)31(41)38-13-12-25(21-4-2-1-3-5-21)30(38)29(40)15-20-6-11-27-24(14-20)16-28-32(42)43-33(18-35,19-36)39(27)28;/h1-6,11,14,16,22-23,25-26,30H,7-10,12-13,15,17-19,37H2;1H/t22?,23?,25-,26-,30+;/m1./s1. The fourth-order valence-corrected chi connectivity index (χ4v) is 7.39. The normalized spacial score (nSPS) is 24.9. The molecule has 6 rings (SSSR count). The topological polar surface area (TPSA) is 94.6 Å². The summed E-state index contributed by atoms with van der Waals surface area (Å²) in [6.07, 6.45) is 3.35. The van der Waals surface area contributed by atoms with Crippen LogP contribution in [-0.4, -0.2) is 65.8 Å². The third-order valence-electron chi connectivity index (χ3n) is 9.70. The van der Waals surface area contributed by atoms with E-state index in [0.29, 0.717) is 55.1 Å². The summed E-state index contributed by atoms with van der Waals surface area (Å²) >= 11 is 0. The van der Waals surface area contributed by atoms with E-state index in [1.54, 1.807) is 23.1 Å². The molecule has 1 saturated heterocycles. The average Bonchev–Trinajstić information content (AvgIpc) is 3.73. The van der Waals surface area contributed by atoms with Gasteiger partial charge in [0, 0.05) is 36.2 Å². The van der Waals surface area contributed by atoms with Crippen molar-refractivity contribution in [1.29, 1.82) is 0 Å². The summed E-state index contributed by atoms with van der Waals surface area (Å²) in [5.41, 5.74) is 6.08. The van der Waals surface area contributed by atoms with E-state index in [0.717, 1.165) is 5.56 Å². The first-order valence-corrected chi connectivity index (χ1v) is 15.0. The molecule has 2 N–H and O–H groups in total. The fourth-order valence-electron chi connectivity index (χ4n) is 7.39. The summed E-state index contributed by atoms with van der Waals surface area (Å²) in [5.74, 6) is -1.24. The Morgan fingerprint density at radius 1 is 0.977 bits per heavy atom. The van der Waals surface area contributed by atoms with Crippen LogP contribution in [0.3, 0.4) is 0 Å². The number of Topliss-reactive ketones (excluding diaryl/α,β-unsaturated/α-hetero) is 1. The lowest BCUT2D eigenvalue weighted by Gasteiger charge is -2.35. The SMILES string of the molecule is Cl.N[C@H](CF)C1CCC(C(=O)N2CC[C@H](c3ccccc3)[C@H]2C(=O)Cc2ccc3c(c2)cc2n3C(CF)(CF)OC2=O)CC1. The molecular formula is C33H37ClF3N3O4. The van der Waals surface area contributed by atoms with Crippen LogP contribution in [0.5, 0.6) is 0 Å². The number of benzene rings is 2. The molecule has 0 spiro atoms. The zero-order valence-corrected chi connectivity index (χ0v) is 25.1. The second-order valence-electron chi connectivity index (χ2n) is 12.2. The summed E-state index contributed by atoms with van der Waals surface area (Å²) in [6.45, 7) is -2.51. The summed E-state index contributed by atoms with van der Waals surface area (Å²) < 4.78 is 47.2. The van der Waals surface area contributed by atoms with Gasteiger partial charge in [-0.2, -0.15) is 0 Å². The van der Waals surface area contributed by atoms with Crippen molar-refractivity contribution in [2.24, 2.45) is 17.6 Å². The van der Waals surface area contributed by atoms with Crippen molar-refractivity contribution in [1.82, 2.24) is 9.47 Å². The van der Waals surface area contributed by atoms with Crippen molar-refractivity contribution in [3.8, 4) is 0 Å². The van der Waals surface area contributed by atoms with Gasteiger partial charge in [0.2, 0.25) is 11.6 Å². The largest absolute Gasteiger partial charge is 0.428 e. The molecule has 0 unspecified atom stereocenters. The zero-order valence-electron chi connectivity index (χ0n) is 24.3. The minimum absolute atomic E-state index is 0. The number of alkyl halides is 3. The van der Waals surface area contributed by atoms with Gasteiger partial charge in [0.05, 0.1) is 11.6 Å². The number of fused-ring (bicyclic) bond motifs is 3.